The average molecular weight is 347 g/mol. The molecule has 0 unspecified atom stereocenters. The quantitative estimate of drug-likeness (QED) is 0.872. The van der Waals surface area contributed by atoms with Gasteiger partial charge in [-0.05, 0) is 30.5 Å². The fourth-order valence-electron chi connectivity index (χ4n) is 2.16. The number of nitrogens with one attached hydrogen (secondary N) is 1. The normalized spacial score (nSPS) is 14.2. The first-order valence-corrected chi connectivity index (χ1v) is 8.00. The lowest BCUT2D eigenvalue weighted by Gasteiger charge is -2.18. The molecule has 5 heteroatoms. The van der Waals surface area contributed by atoms with Crippen LogP contribution in [0.4, 0.5) is 5.82 Å². The van der Waals surface area contributed by atoms with Crippen molar-refractivity contribution in [1.29, 1.82) is 0 Å². The standard InChI is InChI=1S/C16H19BrN4/c1-21(11-12-3-2-4-13(17)7-12)16-10-19-15(9-20-16)8-18-14-5-6-14/h2-4,7,9-10,14,18H,5-6,8,11H2,1H3. The molecule has 1 saturated carbocycles. The molecule has 0 amide bonds. The van der Waals surface area contributed by atoms with E-state index < -0.39 is 0 Å². The van der Waals surface area contributed by atoms with Crippen molar-refractivity contribution in [1.82, 2.24) is 15.3 Å². The summed E-state index contributed by atoms with van der Waals surface area (Å²) < 4.78 is 1.10. The minimum absolute atomic E-state index is 0.700. The molecule has 21 heavy (non-hydrogen) atoms. The molecule has 0 atom stereocenters. The van der Waals surface area contributed by atoms with Crippen LogP contribution in [-0.4, -0.2) is 23.1 Å². The molecule has 110 valence electrons. The maximum atomic E-state index is 4.51. The second kappa shape index (κ2) is 6.54. The van der Waals surface area contributed by atoms with Gasteiger partial charge in [0.15, 0.2) is 0 Å². The number of aromatic nitrogens is 2. The van der Waals surface area contributed by atoms with Gasteiger partial charge in [0.25, 0.3) is 0 Å². The maximum absolute atomic E-state index is 4.51. The first-order chi connectivity index (χ1) is 10.2. The molecule has 4 nitrogen and oxygen atoms in total. The molecule has 1 aromatic heterocycles. The Hall–Kier alpha value is -1.46. The molecule has 0 bridgehead atoms. The Morgan fingerprint density at radius 1 is 1.29 bits per heavy atom. The second-order valence-corrected chi connectivity index (χ2v) is 6.42. The molecule has 1 aromatic carbocycles. The number of anilines is 1. The number of halogens is 1. The SMILES string of the molecule is CN(Cc1cccc(Br)c1)c1cnc(CNC2CC2)cn1. The average Bonchev–Trinajstić information content (AvgIpc) is 3.30. The van der Waals surface area contributed by atoms with Gasteiger partial charge >= 0.3 is 0 Å². The van der Waals surface area contributed by atoms with Crippen LogP contribution in [0.3, 0.4) is 0 Å². The van der Waals surface area contributed by atoms with E-state index in [1.165, 1.54) is 18.4 Å². The minimum atomic E-state index is 0.700. The summed E-state index contributed by atoms with van der Waals surface area (Å²) in [7, 11) is 2.03. The fraction of sp³-hybridized carbons (Fsp3) is 0.375. The van der Waals surface area contributed by atoms with Gasteiger partial charge in [-0.1, -0.05) is 28.1 Å². The van der Waals surface area contributed by atoms with Crippen molar-refractivity contribution < 1.29 is 0 Å². The largest absolute Gasteiger partial charge is 0.354 e. The molecular formula is C16H19BrN4. The molecule has 1 aliphatic rings. The summed E-state index contributed by atoms with van der Waals surface area (Å²) in [6, 6.07) is 9.02. The number of benzene rings is 1. The minimum Gasteiger partial charge on any atom is -0.354 e. The van der Waals surface area contributed by atoms with E-state index in [0.717, 1.165) is 29.1 Å². The van der Waals surface area contributed by atoms with E-state index in [1.807, 2.05) is 31.6 Å². The van der Waals surface area contributed by atoms with Crippen molar-refractivity contribution >= 4 is 21.7 Å². The molecule has 0 aliphatic heterocycles. The van der Waals surface area contributed by atoms with Crippen molar-refractivity contribution in [3.05, 3.63) is 52.4 Å². The maximum Gasteiger partial charge on any atom is 0.147 e. The van der Waals surface area contributed by atoms with E-state index in [-0.39, 0.29) is 0 Å². The van der Waals surface area contributed by atoms with E-state index in [1.54, 1.807) is 0 Å². The molecule has 1 heterocycles. The Labute approximate surface area is 133 Å². The fourth-order valence-corrected chi connectivity index (χ4v) is 2.61. The lowest BCUT2D eigenvalue weighted by molar-refractivity contribution is 0.671. The van der Waals surface area contributed by atoms with Crippen LogP contribution in [0.5, 0.6) is 0 Å². The van der Waals surface area contributed by atoms with E-state index >= 15 is 0 Å². The second-order valence-electron chi connectivity index (χ2n) is 5.51. The van der Waals surface area contributed by atoms with E-state index in [4.69, 9.17) is 0 Å². The topological polar surface area (TPSA) is 41.1 Å². The smallest absolute Gasteiger partial charge is 0.147 e. The van der Waals surface area contributed by atoms with Gasteiger partial charge < -0.3 is 10.2 Å². The number of nitrogens with zero attached hydrogens (tertiary/aromatic N) is 3. The van der Waals surface area contributed by atoms with Gasteiger partial charge in [0.2, 0.25) is 0 Å². The summed E-state index contributed by atoms with van der Waals surface area (Å²) in [4.78, 5) is 11.1. The molecule has 0 spiro atoms. The van der Waals surface area contributed by atoms with E-state index in [2.05, 4.69) is 48.2 Å². The van der Waals surface area contributed by atoms with Crippen LogP contribution in [0, 0.1) is 0 Å². The first-order valence-electron chi connectivity index (χ1n) is 7.20. The van der Waals surface area contributed by atoms with E-state index in [0.29, 0.717) is 6.04 Å². The third-order valence-electron chi connectivity index (χ3n) is 3.54. The predicted octanol–water partition coefficient (Wildman–Crippen LogP) is 3.13. The van der Waals surface area contributed by atoms with Crippen LogP contribution in [0.15, 0.2) is 41.1 Å². The number of hydrogen-bond donors (Lipinski definition) is 1. The highest BCUT2D eigenvalue weighted by Crippen LogP contribution is 2.19. The van der Waals surface area contributed by atoms with Crippen LogP contribution in [-0.2, 0) is 13.1 Å². The predicted molar refractivity (Wildman–Crippen MR) is 88.1 cm³/mol. The summed E-state index contributed by atoms with van der Waals surface area (Å²) in [5.74, 6) is 0.894. The van der Waals surface area contributed by atoms with Crippen LogP contribution in [0.1, 0.15) is 24.1 Å². The van der Waals surface area contributed by atoms with Crippen molar-refractivity contribution in [2.45, 2.75) is 32.0 Å². The number of hydrogen-bond acceptors (Lipinski definition) is 4. The molecule has 0 saturated heterocycles. The molecule has 0 radical (unpaired) electrons. The monoisotopic (exact) mass is 346 g/mol. The Morgan fingerprint density at radius 3 is 2.81 bits per heavy atom. The molecule has 1 aliphatic carbocycles. The summed E-state index contributed by atoms with van der Waals surface area (Å²) >= 11 is 3.50. The molecular weight excluding hydrogens is 328 g/mol. The molecule has 3 rings (SSSR count). The summed E-state index contributed by atoms with van der Waals surface area (Å²) in [5, 5.41) is 3.45. The lowest BCUT2D eigenvalue weighted by atomic mass is 10.2. The van der Waals surface area contributed by atoms with E-state index in [9.17, 15) is 0 Å². The van der Waals surface area contributed by atoms with Gasteiger partial charge in [0.05, 0.1) is 18.1 Å². The molecule has 1 N–H and O–H groups in total. The Morgan fingerprint density at radius 2 is 2.14 bits per heavy atom. The highest BCUT2D eigenvalue weighted by atomic mass is 79.9. The first kappa shape index (κ1) is 14.5. The summed E-state index contributed by atoms with van der Waals surface area (Å²) in [6.45, 7) is 1.63. The number of rotatable bonds is 6. The third-order valence-corrected chi connectivity index (χ3v) is 4.03. The Bertz CT molecular complexity index is 595. The van der Waals surface area contributed by atoms with Crippen LogP contribution in [0.2, 0.25) is 0 Å². The van der Waals surface area contributed by atoms with Crippen LogP contribution >= 0.6 is 15.9 Å². The van der Waals surface area contributed by atoms with Gasteiger partial charge in [0.1, 0.15) is 5.82 Å². The van der Waals surface area contributed by atoms with Crippen molar-refractivity contribution in [2.75, 3.05) is 11.9 Å². The van der Waals surface area contributed by atoms with Gasteiger partial charge in [-0.25, -0.2) is 4.98 Å². The zero-order chi connectivity index (χ0) is 14.7. The zero-order valence-corrected chi connectivity index (χ0v) is 13.7. The Kier molecular flexibility index (Phi) is 4.51. The van der Waals surface area contributed by atoms with Gasteiger partial charge in [-0.3, -0.25) is 4.98 Å². The highest BCUT2D eigenvalue weighted by molar-refractivity contribution is 9.10. The third kappa shape index (κ3) is 4.25. The van der Waals surface area contributed by atoms with Gasteiger partial charge in [-0.2, -0.15) is 0 Å². The zero-order valence-electron chi connectivity index (χ0n) is 12.1. The molecule has 1 fully saturated rings. The van der Waals surface area contributed by atoms with Crippen molar-refractivity contribution in [3.63, 3.8) is 0 Å². The van der Waals surface area contributed by atoms with Crippen LogP contribution in [0.25, 0.3) is 0 Å². The van der Waals surface area contributed by atoms with Gasteiger partial charge in [-0.15, -0.1) is 0 Å². The molecule has 2 aromatic rings. The van der Waals surface area contributed by atoms with Crippen molar-refractivity contribution in [3.8, 4) is 0 Å². The van der Waals surface area contributed by atoms with Crippen LogP contribution < -0.4 is 10.2 Å². The summed E-state index contributed by atoms with van der Waals surface area (Å²) in [6.07, 6.45) is 6.30. The highest BCUT2D eigenvalue weighted by Gasteiger charge is 2.20. The Balaban J connectivity index is 1.59. The lowest BCUT2D eigenvalue weighted by Crippen LogP contribution is -2.19. The summed E-state index contributed by atoms with van der Waals surface area (Å²) in [5.41, 5.74) is 2.25. The van der Waals surface area contributed by atoms with Crippen molar-refractivity contribution in [2.24, 2.45) is 0 Å². The van der Waals surface area contributed by atoms with Gasteiger partial charge in [0, 0.05) is 30.7 Å².